The summed E-state index contributed by atoms with van der Waals surface area (Å²) >= 11 is 0. The van der Waals surface area contributed by atoms with Gasteiger partial charge in [-0.2, -0.15) is 0 Å². The Kier molecular flexibility index (Phi) is 11.4. The molecule has 1 unspecified atom stereocenters. The lowest BCUT2D eigenvalue weighted by atomic mass is 9.83. The highest BCUT2D eigenvalue weighted by molar-refractivity contribution is 5.74. The van der Waals surface area contributed by atoms with E-state index in [1.165, 1.54) is 87.3 Å². The second kappa shape index (κ2) is 14.8. The molecule has 0 radical (unpaired) electrons. The van der Waals surface area contributed by atoms with E-state index >= 15 is 0 Å². The van der Waals surface area contributed by atoms with Crippen LogP contribution in [-0.4, -0.2) is 5.97 Å². The van der Waals surface area contributed by atoms with E-state index < -0.39 is 0 Å². The lowest BCUT2D eigenvalue weighted by Gasteiger charge is -2.22. The van der Waals surface area contributed by atoms with Crippen molar-refractivity contribution >= 4 is 11.5 Å². The zero-order valence-electron chi connectivity index (χ0n) is 21.5. The van der Waals surface area contributed by atoms with E-state index in [0.29, 0.717) is 12.2 Å². The van der Waals surface area contributed by atoms with Gasteiger partial charge in [0, 0.05) is 6.42 Å². The summed E-state index contributed by atoms with van der Waals surface area (Å²) < 4.78 is 5.49. The lowest BCUT2D eigenvalue weighted by Crippen LogP contribution is -2.07. The number of ether oxygens (including phenoxy) is 1. The molecule has 2 heteroatoms. The van der Waals surface area contributed by atoms with Crippen molar-refractivity contribution in [1.82, 2.24) is 0 Å². The van der Waals surface area contributed by atoms with Crippen molar-refractivity contribution in [3.63, 3.8) is 0 Å². The highest BCUT2D eigenvalue weighted by Gasteiger charge is 2.15. The van der Waals surface area contributed by atoms with Crippen LogP contribution >= 0.6 is 0 Å². The molecule has 0 N–H and O–H groups in total. The fourth-order valence-electron chi connectivity index (χ4n) is 4.92. The molecule has 0 bridgehead atoms. The van der Waals surface area contributed by atoms with Crippen LogP contribution < -0.4 is 4.74 Å². The molecule has 0 spiro atoms. The average Bonchev–Trinajstić information content (AvgIpc) is 2.87. The maximum Gasteiger partial charge on any atom is 0.311 e. The third-order valence-corrected chi connectivity index (χ3v) is 7.14. The fraction of sp³-hybridized carbons (Fsp3) is 0.531. The number of rotatable bonds is 14. The summed E-state index contributed by atoms with van der Waals surface area (Å²) in [6.07, 6.45) is 19.5. The van der Waals surface area contributed by atoms with Gasteiger partial charge in [-0.05, 0) is 66.0 Å². The molecule has 0 saturated carbocycles. The largest absolute Gasteiger partial charge is 0.427 e. The molecule has 2 nitrogen and oxygen atoms in total. The molecular formula is C32H44O2. The van der Waals surface area contributed by atoms with Crippen LogP contribution in [0.25, 0.3) is 16.7 Å². The first kappa shape index (κ1) is 26.3. The normalized spacial score (nSPS) is 15.7. The van der Waals surface area contributed by atoms with E-state index in [2.05, 4.69) is 44.2 Å². The summed E-state index contributed by atoms with van der Waals surface area (Å²) in [7, 11) is 0. The van der Waals surface area contributed by atoms with Gasteiger partial charge in [-0.1, -0.05) is 114 Å². The van der Waals surface area contributed by atoms with Gasteiger partial charge in [-0.3, -0.25) is 4.79 Å². The molecule has 0 aromatic heterocycles. The monoisotopic (exact) mass is 460 g/mol. The van der Waals surface area contributed by atoms with E-state index in [9.17, 15) is 4.79 Å². The van der Waals surface area contributed by atoms with Crippen molar-refractivity contribution in [3.8, 4) is 16.9 Å². The summed E-state index contributed by atoms with van der Waals surface area (Å²) in [5, 5.41) is 0. The number of hydrogen-bond donors (Lipinski definition) is 0. The number of unbranched alkanes of at least 4 members (excludes halogenated alkanes) is 7. The Balaban J connectivity index is 1.46. The predicted molar refractivity (Wildman–Crippen MR) is 145 cm³/mol. The smallest absolute Gasteiger partial charge is 0.311 e. The second-order valence-corrected chi connectivity index (χ2v) is 9.96. The summed E-state index contributed by atoms with van der Waals surface area (Å²) in [6, 6.07) is 16.8. The van der Waals surface area contributed by atoms with Gasteiger partial charge in [0.1, 0.15) is 5.75 Å². The Morgan fingerprint density at radius 2 is 1.35 bits per heavy atom. The van der Waals surface area contributed by atoms with Crippen molar-refractivity contribution < 1.29 is 9.53 Å². The Bertz CT molecular complexity index is 876. The third kappa shape index (κ3) is 8.78. The molecule has 184 valence electrons. The molecule has 0 heterocycles. The van der Waals surface area contributed by atoms with E-state index in [1.807, 2.05) is 24.3 Å². The number of esters is 1. The number of hydrogen-bond acceptors (Lipinski definition) is 2. The van der Waals surface area contributed by atoms with Gasteiger partial charge in [0.2, 0.25) is 0 Å². The van der Waals surface area contributed by atoms with Crippen LogP contribution in [0.4, 0.5) is 0 Å². The first-order valence-corrected chi connectivity index (χ1v) is 13.8. The molecule has 1 aliphatic rings. The number of carbonyl (C=O) groups is 1. The molecule has 1 aliphatic carbocycles. The van der Waals surface area contributed by atoms with E-state index in [4.69, 9.17) is 4.74 Å². The molecule has 0 aliphatic heterocycles. The first-order chi connectivity index (χ1) is 16.7. The average molecular weight is 461 g/mol. The molecule has 0 saturated heterocycles. The highest BCUT2D eigenvalue weighted by Crippen LogP contribution is 2.34. The molecular weight excluding hydrogens is 416 g/mol. The van der Waals surface area contributed by atoms with Crippen LogP contribution in [0.1, 0.15) is 109 Å². The van der Waals surface area contributed by atoms with E-state index in [0.717, 1.165) is 24.3 Å². The van der Waals surface area contributed by atoms with E-state index in [-0.39, 0.29) is 5.97 Å². The summed E-state index contributed by atoms with van der Waals surface area (Å²) in [5.41, 5.74) is 5.21. The van der Waals surface area contributed by atoms with Crippen molar-refractivity contribution in [3.05, 3.63) is 60.2 Å². The van der Waals surface area contributed by atoms with Gasteiger partial charge >= 0.3 is 5.97 Å². The lowest BCUT2D eigenvalue weighted by molar-refractivity contribution is -0.134. The highest BCUT2D eigenvalue weighted by atomic mass is 16.5. The molecule has 1 atom stereocenters. The Morgan fingerprint density at radius 1 is 0.765 bits per heavy atom. The first-order valence-electron chi connectivity index (χ1n) is 13.8. The Hall–Kier alpha value is -2.35. The fourth-order valence-corrected chi connectivity index (χ4v) is 4.92. The molecule has 3 rings (SSSR count). The quantitative estimate of drug-likeness (QED) is 0.159. The molecule has 0 fully saturated rings. The van der Waals surface area contributed by atoms with Crippen LogP contribution in [0.2, 0.25) is 0 Å². The minimum absolute atomic E-state index is 0.132. The summed E-state index contributed by atoms with van der Waals surface area (Å²) in [5.74, 6) is 1.38. The minimum atomic E-state index is -0.132. The van der Waals surface area contributed by atoms with Crippen molar-refractivity contribution in [2.75, 3.05) is 0 Å². The standard InChI is InChI=1S/C32H44O2/c1-3-5-7-9-10-12-26-14-16-27(17-15-26)28-18-20-29(21-19-28)30-22-24-31(25-23-30)34-32(33)13-11-8-6-4-2/h16,18-26H,3-15,17H2,1-2H3. The molecule has 2 aromatic rings. The number of benzene rings is 2. The van der Waals surface area contributed by atoms with Crippen molar-refractivity contribution in [1.29, 1.82) is 0 Å². The third-order valence-electron chi connectivity index (χ3n) is 7.14. The van der Waals surface area contributed by atoms with Crippen LogP contribution in [-0.2, 0) is 4.79 Å². The summed E-state index contributed by atoms with van der Waals surface area (Å²) in [4.78, 5) is 12.0. The van der Waals surface area contributed by atoms with Crippen LogP contribution in [0, 0.1) is 5.92 Å². The topological polar surface area (TPSA) is 26.3 Å². The van der Waals surface area contributed by atoms with Gasteiger partial charge in [0.05, 0.1) is 0 Å². The minimum Gasteiger partial charge on any atom is -0.427 e. The predicted octanol–water partition coefficient (Wildman–Crippen LogP) is 9.77. The SMILES string of the molecule is CCCCCCCC1CC=C(c2ccc(-c3ccc(OC(=O)CCCCCC)cc3)cc2)CC1. The van der Waals surface area contributed by atoms with Gasteiger partial charge in [0.15, 0.2) is 0 Å². The van der Waals surface area contributed by atoms with Gasteiger partial charge in [-0.25, -0.2) is 0 Å². The zero-order valence-corrected chi connectivity index (χ0v) is 21.5. The Morgan fingerprint density at radius 3 is 1.97 bits per heavy atom. The number of carbonyl (C=O) groups excluding carboxylic acids is 1. The van der Waals surface area contributed by atoms with Crippen LogP contribution in [0.5, 0.6) is 5.75 Å². The van der Waals surface area contributed by atoms with Crippen molar-refractivity contribution in [2.45, 2.75) is 104 Å². The zero-order chi connectivity index (χ0) is 24.0. The number of allylic oxidation sites excluding steroid dienone is 2. The molecule has 2 aromatic carbocycles. The van der Waals surface area contributed by atoms with Gasteiger partial charge < -0.3 is 4.74 Å². The molecule has 0 amide bonds. The van der Waals surface area contributed by atoms with Gasteiger partial charge in [0.25, 0.3) is 0 Å². The van der Waals surface area contributed by atoms with Gasteiger partial charge in [-0.15, -0.1) is 0 Å². The van der Waals surface area contributed by atoms with Crippen molar-refractivity contribution in [2.24, 2.45) is 5.92 Å². The maximum atomic E-state index is 12.0. The molecule has 34 heavy (non-hydrogen) atoms. The van der Waals surface area contributed by atoms with E-state index in [1.54, 1.807) is 0 Å². The second-order valence-electron chi connectivity index (χ2n) is 9.96. The Labute approximate surface area is 207 Å². The van der Waals surface area contributed by atoms with Crippen LogP contribution in [0.3, 0.4) is 0 Å². The van der Waals surface area contributed by atoms with Crippen LogP contribution in [0.15, 0.2) is 54.6 Å². The summed E-state index contributed by atoms with van der Waals surface area (Å²) in [6.45, 7) is 4.46. The maximum absolute atomic E-state index is 12.0.